The Balaban J connectivity index is 1.52. The smallest absolute Gasteiger partial charge is 0.289 e. The van der Waals surface area contributed by atoms with Gasteiger partial charge in [0.25, 0.3) is 5.91 Å². The van der Waals surface area contributed by atoms with Gasteiger partial charge in [-0.3, -0.25) is 4.79 Å². The normalized spacial score (nSPS) is 16.2. The number of piperidine rings is 1. The van der Waals surface area contributed by atoms with Crippen molar-refractivity contribution in [3.63, 3.8) is 0 Å². The fourth-order valence-electron chi connectivity index (χ4n) is 2.85. The van der Waals surface area contributed by atoms with Crippen LogP contribution in [-0.2, 0) is 15.8 Å². The molecule has 0 aliphatic carbocycles. The van der Waals surface area contributed by atoms with E-state index in [1.165, 1.54) is 6.26 Å². The average Bonchev–Trinajstić information content (AvgIpc) is 3.09. The average molecular weight is 348 g/mol. The number of rotatable bonds is 5. The fraction of sp³-hybridized carbons (Fsp3) is 0.353. The molecule has 1 fully saturated rings. The number of nitrogens with zero attached hydrogens (tertiary/aromatic N) is 1. The maximum atomic E-state index is 12.3. The summed E-state index contributed by atoms with van der Waals surface area (Å²) in [6.45, 7) is 1.02. The summed E-state index contributed by atoms with van der Waals surface area (Å²) < 4.78 is 32.4. The van der Waals surface area contributed by atoms with Crippen molar-refractivity contribution in [1.29, 1.82) is 0 Å². The molecule has 0 saturated carbocycles. The predicted octanol–water partition coefficient (Wildman–Crippen LogP) is 2.00. The van der Waals surface area contributed by atoms with Gasteiger partial charge < -0.3 is 9.32 Å². The maximum absolute atomic E-state index is 12.3. The van der Waals surface area contributed by atoms with Gasteiger partial charge in [-0.05, 0) is 30.5 Å². The van der Waals surface area contributed by atoms with Crippen LogP contribution in [0.15, 0.2) is 53.1 Å². The second-order valence-corrected chi connectivity index (χ2v) is 7.66. The highest BCUT2D eigenvalue weighted by Crippen LogP contribution is 2.16. The van der Waals surface area contributed by atoms with Crippen LogP contribution in [0.5, 0.6) is 0 Å². The molecule has 0 bridgehead atoms. The molecule has 3 rings (SSSR count). The van der Waals surface area contributed by atoms with Gasteiger partial charge in [-0.1, -0.05) is 30.3 Å². The van der Waals surface area contributed by atoms with Crippen molar-refractivity contribution in [3.05, 3.63) is 60.1 Å². The Labute approximate surface area is 141 Å². The van der Waals surface area contributed by atoms with Gasteiger partial charge >= 0.3 is 0 Å². The number of furan rings is 1. The monoisotopic (exact) mass is 348 g/mol. The molecule has 24 heavy (non-hydrogen) atoms. The summed E-state index contributed by atoms with van der Waals surface area (Å²) in [6.07, 6.45) is 2.67. The van der Waals surface area contributed by atoms with Crippen molar-refractivity contribution >= 4 is 15.9 Å². The molecular formula is C17H20N2O4S. The number of hydrogen-bond acceptors (Lipinski definition) is 4. The summed E-state index contributed by atoms with van der Waals surface area (Å²) in [7, 11) is -3.39. The van der Waals surface area contributed by atoms with Gasteiger partial charge in [0.05, 0.1) is 12.0 Å². The van der Waals surface area contributed by atoms with Gasteiger partial charge in [0.15, 0.2) is 5.76 Å². The third kappa shape index (κ3) is 4.24. The largest absolute Gasteiger partial charge is 0.459 e. The first-order chi connectivity index (χ1) is 11.5. The molecule has 128 valence electrons. The quantitative estimate of drug-likeness (QED) is 0.896. The Morgan fingerprint density at radius 3 is 2.46 bits per heavy atom. The first-order valence-electron chi connectivity index (χ1n) is 7.90. The molecule has 1 aromatic carbocycles. The van der Waals surface area contributed by atoms with Crippen LogP contribution in [0.4, 0.5) is 0 Å². The zero-order chi connectivity index (χ0) is 17.0. The lowest BCUT2D eigenvalue weighted by molar-refractivity contribution is 0.0679. The third-order valence-electron chi connectivity index (χ3n) is 4.06. The molecule has 2 heterocycles. The van der Waals surface area contributed by atoms with Crippen LogP contribution < -0.4 is 4.72 Å². The van der Waals surface area contributed by atoms with Gasteiger partial charge in [0.1, 0.15) is 0 Å². The molecule has 1 N–H and O–H groups in total. The van der Waals surface area contributed by atoms with Crippen molar-refractivity contribution in [1.82, 2.24) is 9.62 Å². The van der Waals surface area contributed by atoms with E-state index in [-0.39, 0.29) is 17.7 Å². The van der Waals surface area contributed by atoms with E-state index in [1.807, 2.05) is 18.2 Å². The van der Waals surface area contributed by atoms with Crippen molar-refractivity contribution in [2.45, 2.75) is 24.6 Å². The molecular weight excluding hydrogens is 328 g/mol. The first-order valence-corrected chi connectivity index (χ1v) is 9.55. The van der Waals surface area contributed by atoms with Crippen molar-refractivity contribution < 1.29 is 17.6 Å². The Morgan fingerprint density at radius 1 is 1.12 bits per heavy atom. The molecule has 1 aliphatic heterocycles. The van der Waals surface area contributed by atoms with Gasteiger partial charge in [-0.15, -0.1) is 0 Å². The molecule has 1 saturated heterocycles. The number of sulfonamides is 1. The number of benzene rings is 1. The molecule has 2 aromatic rings. The van der Waals surface area contributed by atoms with E-state index in [0.29, 0.717) is 31.7 Å². The first kappa shape index (κ1) is 16.7. The predicted molar refractivity (Wildman–Crippen MR) is 89.8 cm³/mol. The highest BCUT2D eigenvalue weighted by atomic mass is 32.2. The zero-order valence-corrected chi connectivity index (χ0v) is 14.0. The van der Waals surface area contributed by atoms with Gasteiger partial charge in [-0.25, -0.2) is 13.1 Å². The molecule has 0 radical (unpaired) electrons. The Bertz CT molecular complexity index is 764. The van der Waals surface area contributed by atoms with Crippen molar-refractivity contribution in [3.8, 4) is 0 Å². The SMILES string of the molecule is O=C(c1ccco1)N1CCC(NS(=O)(=O)Cc2ccccc2)CC1. The second kappa shape index (κ2) is 7.19. The number of nitrogens with one attached hydrogen (secondary N) is 1. The summed E-state index contributed by atoms with van der Waals surface area (Å²) in [6, 6.07) is 12.3. The topological polar surface area (TPSA) is 79.6 Å². The highest BCUT2D eigenvalue weighted by molar-refractivity contribution is 7.88. The summed E-state index contributed by atoms with van der Waals surface area (Å²) >= 11 is 0. The van der Waals surface area contributed by atoms with Gasteiger partial charge in [-0.2, -0.15) is 0 Å². The van der Waals surface area contributed by atoms with Crippen LogP contribution in [0.2, 0.25) is 0 Å². The summed E-state index contributed by atoms with van der Waals surface area (Å²) in [5.41, 5.74) is 0.760. The zero-order valence-electron chi connectivity index (χ0n) is 13.2. The standard InChI is InChI=1S/C17H20N2O4S/c20-17(16-7-4-12-23-16)19-10-8-15(9-11-19)18-24(21,22)13-14-5-2-1-3-6-14/h1-7,12,15,18H,8-11,13H2. The van der Waals surface area contributed by atoms with E-state index in [4.69, 9.17) is 4.42 Å². The van der Waals surface area contributed by atoms with E-state index >= 15 is 0 Å². The molecule has 7 heteroatoms. The summed E-state index contributed by atoms with van der Waals surface area (Å²) in [5, 5.41) is 0. The number of amides is 1. The fourth-order valence-corrected chi connectivity index (χ4v) is 4.30. The van der Waals surface area contributed by atoms with Gasteiger partial charge in [0, 0.05) is 19.1 Å². The minimum atomic E-state index is -3.39. The Hall–Kier alpha value is -2.12. The van der Waals surface area contributed by atoms with Crippen molar-refractivity contribution in [2.75, 3.05) is 13.1 Å². The van der Waals surface area contributed by atoms with E-state index in [9.17, 15) is 13.2 Å². The molecule has 6 nitrogen and oxygen atoms in total. The molecule has 1 amide bonds. The van der Waals surface area contributed by atoms with E-state index in [1.54, 1.807) is 29.2 Å². The molecule has 1 aromatic heterocycles. The number of likely N-dealkylation sites (tertiary alicyclic amines) is 1. The van der Waals surface area contributed by atoms with Gasteiger partial charge in [0.2, 0.25) is 10.0 Å². The minimum absolute atomic E-state index is 0.0284. The van der Waals surface area contributed by atoms with Crippen LogP contribution in [0.25, 0.3) is 0 Å². The summed E-state index contributed by atoms with van der Waals surface area (Å²) in [4.78, 5) is 13.9. The van der Waals surface area contributed by atoms with Crippen molar-refractivity contribution in [2.24, 2.45) is 0 Å². The molecule has 0 spiro atoms. The van der Waals surface area contributed by atoms with Crippen LogP contribution in [0.1, 0.15) is 29.0 Å². The number of carbonyl (C=O) groups is 1. The van der Waals surface area contributed by atoms with E-state index < -0.39 is 10.0 Å². The number of hydrogen-bond donors (Lipinski definition) is 1. The summed E-state index contributed by atoms with van der Waals surface area (Å²) in [5.74, 6) is 0.142. The second-order valence-electron chi connectivity index (χ2n) is 5.91. The van der Waals surface area contributed by atoms with Crippen LogP contribution in [-0.4, -0.2) is 38.4 Å². The minimum Gasteiger partial charge on any atom is -0.459 e. The lowest BCUT2D eigenvalue weighted by Gasteiger charge is -2.31. The molecule has 1 aliphatic rings. The lowest BCUT2D eigenvalue weighted by atomic mass is 10.1. The maximum Gasteiger partial charge on any atom is 0.289 e. The van der Waals surface area contributed by atoms with Crippen LogP contribution in [0.3, 0.4) is 0 Å². The number of carbonyl (C=O) groups excluding carboxylic acids is 1. The molecule has 0 unspecified atom stereocenters. The molecule has 0 atom stereocenters. The Morgan fingerprint density at radius 2 is 1.83 bits per heavy atom. The lowest BCUT2D eigenvalue weighted by Crippen LogP contribution is -2.46. The van der Waals surface area contributed by atoms with Crippen LogP contribution >= 0.6 is 0 Å². The van der Waals surface area contributed by atoms with E-state index in [2.05, 4.69) is 4.72 Å². The van der Waals surface area contributed by atoms with Crippen LogP contribution in [0, 0.1) is 0 Å². The highest BCUT2D eigenvalue weighted by Gasteiger charge is 2.27. The third-order valence-corrected chi connectivity index (χ3v) is 5.47. The van der Waals surface area contributed by atoms with E-state index in [0.717, 1.165) is 5.56 Å². The Kier molecular flexibility index (Phi) is 5.01.